The Kier molecular flexibility index (Phi) is 6.01. The molecule has 22 heavy (non-hydrogen) atoms. The average Bonchev–Trinajstić information content (AvgIpc) is 2.53. The molecule has 0 saturated heterocycles. The van der Waals surface area contributed by atoms with E-state index in [1.54, 1.807) is 12.1 Å². The molecule has 2 rings (SSSR count). The van der Waals surface area contributed by atoms with Crippen molar-refractivity contribution in [2.45, 2.75) is 68.2 Å². The van der Waals surface area contributed by atoms with Crippen LogP contribution in [0.15, 0.2) is 29.2 Å². The molecule has 1 fully saturated rings. The summed E-state index contributed by atoms with van der Waals surface area (Å²) in [7, 11) is -3.33. The molecule has 0 spiro atoms. The standard InChI is InChI=1S/C17H27NO3S/c1-3-14(12-19)18-16-6-4-5-7-17(16)22(20,21)15-10-8-13(2)9-11-15/h8-11,14,16-19H,3-7,12H2,1-2H3/t14-,16+,17-/m1/s1. The van der Waals surface area contributed by atoms with Crippen LogP contribution >= 0.6 is 0 Å². The van der Waals surface area contributed by atoms with Gasteiger partial charge in [-0.05, 0) is 38.3 Å². The highest BCUT2D eigenvalue weighted by molar-refractivity contribution is 7.92. The number of nitrogens with one attached hydrogen (secondary N) is 1. The van der Waals surface area contributed by atoms with E-state index < -0.39 is 15.1 Å². The molecule has 0 radical (unpaired) electrons. The normalized spacial score (nSPS) is 24.1. The van der Waals surface area contributed by atoms with E-state index in [2.05, 4.69) is 5.32 Å². The summed E-state index contributed by atoms with van der Waals surface area (Å²) in [4.78, 5) is 0.411. The predicted octanol–water partition coefficient (Wildman–Crippen LogP) is 2.44. The van der Waals surface area contributed by atoms with Crippen molar-refractivity contribution >= 4 is 9.84 Å². The maximum atomic E-state index is 13.0. The van der Waals surface area contributed by atoms with Crippen LogP contribution in [0.25, 0.3) is 0 Å². The van der Waals surface area contributed by atoms with Crippen LogP contribution in [0, 0.1) is 6.92 Å². The zero-order valence-electron chi connectivity index (χ0n) is 13.5. The van der Waals surface area contributed by atoms with Gasteiger partial charge in [-0.2, -0.15) is 0 Å². The van der Waals surface area contributed by atoms with E-state index >= 15 is 0 Å². The fourth-order valence-corrected chi connectivity index (χ4v) is 5.15. The van der Waals surface area contributed by atoms with Gasteiger partial charge in [-0.3, -0.25) is 0 Å². The molecule has 0 unspecified atom stereocenters. The third-order valence-corrected chi connectivity index (χ3v) is 6.90. The van der Waals surface area contributed by atoms with E-state index in [0.717, 1.165) is 31.2 Å². The summed E-state index contributed by atoms with van der Waals surface area (Å²) in [6.45, 7) is 4.00. The fraction of sp³-hybridized carbons (Fsp3) is 0.647. The minimum atomic E-state index is -3.33. The van der Waals surface area contributed by atoms with E-state index in [4.69, 9.17) is 0 Å². The van der Waals surface area contributed by atoms with E-state index in [1.807, 2.05) is 26.0 Å². The first-order chi connectivity index (χ1) is 10.5. The number of benzene rings is 1. The highest BCUT2D eigenvalue weighted by atomic mass is 32.2. The van der Waals surface area contributed by atoms with Crippen LogP contribution in [0.1, 0.15) is 44.6 Å². The van der Waals surface area contributed by atoms with Gasteiger partial charge in [-0.25, -0.2) is 8.42 Å². The van der Waals surface area contributed by atoms with Crippen LogP contribution in [0.5, 0.6) is 0 Å². The highest BCUT2D eigenvalue weighted by Gasteiger charge is 2.37. The Labute approximate surface area is 133 Å². The smallest absolute Gasteiger partial charge is 0.182 e. The SMILES string of the molecule is CC[C@H](CO)N[C@H]1CCCC[C@H]1S(=O)(=O)c1ccc(C)cc1. The van der Waals surface area contributed by atoms with Crippen LogP contribution in [0.2, 0.25) is 0 Å². The van der Waals surface area contributed by atoms with Crippen molar-refractivity contribution < 1.29 is 13.5 Å². The van der Waals surface area contributed by atoms with Crippen LogP contribution in [-0.4, -0.2) is 37.5 Å². The van der Waals surface area contributed by atoms with Crippen molar-refractivity contribution in [3.8, 4) is 0 Å². The number of aliphatic hydroxyl groups is 1. The van der Waals surface area contributed by atoms with Gasteiger partial charge in [0, 0.05) is 12.1 Å². The lowest BCUT2D eigenvalue weighted by Gasteiger charge is -2.34. The summed E-state index contributed by atoms with van der Waals surface area (Å²) in [6.07, 6.45) is 4.33. The lowest BCUT2D eigenvalue weighted by Crippen LogP contribution is -2.50. The average molecular weight is 325 g/mol. The summed E-state index contributed by atoms with van der Waals surface area (Å²) in [5, 5.41) is 12.3. The quantitative estimate of drug-likeness (QED) is 0.843. The molecule has 1 aromatic carbocycles. The Hall–Kier alpha value is -0.910. The highest BCUT2D eigenvalue weighted by Crippen LogP contribution is 2.29. The van der Waals surface area contributed by atoms with Crippen molar-refractivity contribution in [3.63, 3.8) is 0 Å². The largest absolute Gasteiger partial charge is 0.395 e. The number of hydrogen-bond donors (Lipinski definition) is 2. The van der Waals surface area contributed by atoms with E-state index in [9.17, 15) is 13.5 Å². The Morgan fingerprint density at radius 2 is 1.86 bits per heavy atom. The molecule has 0 aliphatic heterocycles. The molecule has 3 atom stereocenters. The summed E-state index contributed by atoms with van der Waals surface area (Å²) in [6, 6.07) is 7.01. The van der Waals surface area contributed by atoms with Crippen LogP contribution in [-0.2, 0) is 9.84 Å². The van der Waals surface area contributed by atoms with Gasteiger partial charge in [-0.1, -0.05) is 37.5 Å². The minimum absolute atomic E-state index is 0.0289. The molecular formula is C17H27NO3S. The van der Waals surface area contributed by atoms with Gasteiger partial charge in [0.25, 0.3) is 0 Å². The van der Waals surface area contributed by atoms with Gasteiger partial charge >= 0.3 is 0 Å². The van der Waals surface area contributed by atoms with Crippen molar-refractivity contribution in [1.82, 2.24) is 5.32 Å². The molecule has 0 bridgehead atoms. The number of hydrogen-bond acceptors (Lipinski definition) is 4. The maximum absolute atomic E-state index is 13.0. The molecule has 2 N–H and O–H groups in total. The topological polar surface area (TPSA) is 66.4 Å². The first kappa shape index (κ1) is 17.4. The minimum Gasteiger partial charge on any atom is -0.395 e. The fourth-order valence-electron chi connectivity index (χ4n) is 3.16. The third kappa shape index (κ3) is 3.89. The third-order valence-electron chi connectivity index (χ3n) is 4.61. The molecule has 5 heteroatoms. The molecule has 1 saturated carbocycles. The van der Waals surface area contributed by atoms with Gasteiger partial charge in [0.2, 0.25) is 0 Å². The van der Waals surface area contributed by atoms with Gasteiger partial charge in [0.05, 0.1) is 16.8 Å². The first-order valence-electron chi connectivity index (χ1n) is 8.16. The molecule has 1 aromatic rings. The molecule has 0 amide bonds. The lowest BCUT2D eigenvalue weighted by molar-refractivity contribution is 0.216. The predicted molar refractivity (Wildman–Crippen MR) is 88.7 cm³/mol. The summed E-state index contributed by atoms with van der Waals surface area (Å²) < 4.78 is 25.9. The van der Waals surface area contributed by atoms with Crippen molar-refractivity contribution in [2.24, 2.45) is 0 Å². The Morgan fingerprint density at radius 1 is 1.23 bits per heavy atom. The van der Waals surface area contributed by atoms with Gasteiger partial charge in [-0.15, -0.1) is 0 Å². The van der Waals surface area contributed by atoms with Gasteiger partial charge in [0.1, 0.15) is 0 Å². The first-order valence-corrected chi connectivity index (χ1v) is 9.71. The number of rotatable bonds is 6. The van der Waals surface area contributed by atoms with Gasteiger partial charge < -0.3 is 10.4 Å². The zero-order valence-corrected chi connectivity index (χ0v) is 14.3. The van der Waals surface area contributed by atoms with Crippen LogP contribution < -0.4 is 5.32 Å². The molecule has 1 aliphatic carbocycles. The van der Waals surface area contributed by atoms with E-state index in [-0.39, 0.29) is 18.7 Å². The summed E-state index contributed by atoms with van der Waals surface area (Å²) in [5.41, 5.74) is 1.06. The monoisotopic (exact) mass is 325 g/mol. The summed E-state index contributed by atoms with van der Waals surface area (Å²) in [5.74, 6) is 0. The molecule has 0 heterocycles. The van der Waals surface area contributed by atoms with Crippen molar-refractivity contribution in [3.05, 3.63) is 29.8 Å². The molecular weight excluding hydrogens is 298 g/mol. The second-order valence-corrected chi connectivity index (χ2v) is 8.41. The van der Waals surface area contributed by atoms with Crippen LogP contribution in [0.4, 0.5) is 0 Å². The lowest BCUT2D eigenvalue weighted by atomic mass is 9.94. The van der Waals surface area contributed by atoms with Crippen molar-refractivity contribution in [2.75, 3.05) is 6.61 Å². The Morgan fingerprint density at radius 3 is 2.45 bits per heavy atom. The second kappa shape index (κ2) is 7.57. The number of sulfone groups is 1. The maximum Gasteiger partial charge on any atom is 0.182 e. The van der Waals surface area contributed by atoms with Crippen molar-refractivity contribution in [1.29, 1.82) is 0 Å². The molecule has 0 aromatic heterocycles. The Bertz CT molecular complexity index is 564. The van der Waals surface area contributed by atoms with E-state index in [1.165, 1.54) is 0 Å². The van der Waals surface area contributed by atoms with Crippen LogP contribution in [0.3, 0.4) is 0 Å². The van der Waals surface area contributed by atoms with Gasteiger partial charge in [0.15, 0.2) is 9.84 Å². The number of aryl methyl sites for hydroxylation is 1. The number of aliphatic hydroxyl groups excluding tert-OH is 1. The zero-order chi connectivity index (χ0) is 16.2. The molecule has 124 valence electrons. The second-order valence-electron chi connectivity index (χ2n) is 6.24. The summed E-state index contributed by atoms with van der Waals surface area (Å²) >= 11 is 0. The van der Waals surface area contributed by atoms with E-state index in [0.29, 0.717) is 11.3 Å². The molecule has 4 nitrogen and oxygen atoms in total. The molecule has 1 aliphatic rings. The Balaban J connectivity index is 2.23.